The minimum Gasteiger partial charge on any atom is -0.300 e. The summed E-state index contributed by atoms with van der Waals surface area (Å²) in [5.41, 5.74) is 0.702. The Labute approximate surface area is 122 Å². The number of rotatable bonds is 2. The third-order valence-corrected chi connectivity index (χ3v) is 4.30. The van der Waals surface area contributed by atoms with Crippen LogP contribution in [0.1, 0.15) is 0 Å². The first kappa shape index (κ1) is 13.7. The van der Waals surface area contributed by atoms with E-state index in [1.807, 2.05) is 6.07 Å². The molecule has 0 spiro atoms. The van der Waals surface area contributed by atoms with Crippen LogP contribution in [-0.2, 0) is 17.1 Å². The van der Waals surface area contributed by atoms with Crippen molar-refractivity contribution >= 4 is 44.2 Å². The van der Waals surface area contributed by atoms with Gasteiger partial charge < -0.3 is 0 Å². The van der Waals surface area contributed by atoms with E-state index in [0.717, 1.165) is 3.57 Å². The fraction of sp³-hybridized carbons (Fsp3) is 0.111. The van der Waals surface area contributed by atoms with Crippen LogP contribution in [0.15, 0.2) is 23.4 Å². The van der Waals surface area contributed by atoms with Gasteiger partial charge in [0.15, 0.2) is 5.82 Å². The Morgan fingerprint density at radius 2 is 2.06 bits per heavy atom. The molecule has 0 unspecified atom stereocenters. The molecule has 6 nitrogen and oxygen atoms in total. The number of halogens is 2. The molecule has 2 aromatic rings. The molecular weight excluding hydrogens is 391 g/mol. The predicted molar refractivity (Wildman–Crippen MR) is 75.5 cm³/mol. The molecule has 0 saturated heterocycles. The molecule has 0 aliphatic carbocycles. The molecule has 18 heavy (non-hydrogen) atoms. The van der Waals surface area contributed by atoms with E-state index in [9.17, 15) is 8.42 Å². The Morgan fingerprint density at radius 1 is 1.39 bits per heavy atom. The zero-order chi connectivity index (χ0) is 13.5. The summed E-state index contributed by atoms with van der Waals surface area (Å²) in [7, 11) is -2.36. The topological polar surface area (TPSA) is 90.9 Å². The molecule has 0 saturated carbocycles. The number of hydrogen-bond acceptors (Lipinski definition) is 4. The average molecular weight is 399 g/mol. The van der Waals surface area contributed by atoms with Crippen molar-refractivity contribution < 1.29 is 8.42 Å². The third-order valence-electron chi connectivity index (χ3n) is 2.26. The fourth-order valence-corrected chi connectivity index (χ4v) is 2.84. The largest absolute Gasteiger partial charge is 0.300 e. The van der Waals surface area contributed by atoms with E-state index in [2.05, 4.69) is 32.8 Å². The van der Waals surface area contributed by atoms with E-state index in [-0.39, 0.29) is 5.16 Å². The van der Waals surface area contributed by atoms with Gasteiger partial charge in [0.1, 0.15) is 0 Å². The number of aromatic nitrogens is 3. The molecule has 1 aromatic carbocycles. The molecule has 2 rings (SSSR count). The first-order chi connectivity index (χ1) is 8.30. The minimum atomic E-state index is -3.89. The molecule has 0 aliphatic rings. The van der Waals surface area contributed by atoms with Crippen LogP contribution in [0.3, 0.4) is 0 Å². The van der Waals surface area contributed by atoms with Gasteiger partial charge >= 0.3 is 0 Å². The lowest BCUT2D eigenvalue weighted by atomic mass is 10.2. The van der Waals surface area contributed by atoms with Gasteiger partial charge in [-0.05, 0) is 40.8 Å². The van der Waals surface area contributed by atoms with E-state index in [1.54, 1.807) is 12.1 Å². The number of benzene rings is 1. The standard InChI is InChI=1S/C9H8ClIN4O2S/c1-15-8(13-14-9(15)18(12,16)17)6-4-5(10)2-3-7(6)11/h2-4H,1H3,(H2,12,16,17). The maximum Gasteiger partial charge on any atom is 0.273 e. The quantitative estimate of drug-likeness (QED) is 0.774. The molecule has 96 valence electrons. The Bertz CT molecular complexity index is 713. The summed E-state index contributed by atoms with van der Waals surface area (Å²) in [6, 6.07) is 5.24. The van der Waals surface area contributed by atoms with Crippen molar-refractivity contribution in [1.29, 1.82) is 0 Å². The maximum atomic E-state index is 11.3. The van der Waals surface area contributed by atoms with Gasteiger partial charge in [-0.3, -0.25) is 4.57 Å². The Balaban J connectivity index is 2.67. The zero-order valence-electron chi connectivity index (χ0n) is 9.13. The summed E-state index contributed by atoms with van der Waals surface area (Å²) in [5, 5.41) is 12.7. The van der Waals surface area contributed by atoms with Crippen molar-refractivity contribution in [2.45, 2.75) is 5.16 Å². The van der Waals surface area contributed by atoms with Crippen LogP contribution in [0.2, 0.25) is 5.02 Å². The highest BCUT2D eigenvalue weighted by atomic mass is 127. The molecule has 1 aromatic heterocycles. The molecule has 0 atom stereocenters. The van der Waals surface area contributed by atoms with Gasteiger partial charge in [0, 0.05) is 21.2 Å². The van der Waals surface area contributed by atoms with Gasteiger partial charge in [-0.2, -0.15) is 0 Å². The van der Waals surface area contributed by atoms with Gasteiger partial charge in [0.2, 0.25) is 0 Å². The Hall–Kier alpha value is -0.710. The third kappa shape index (κ3) is 2.51. The summed E-state index contributed by atoms with van der Waals surface area (Å²) in [6.07, 6.45) is 0. The van der Waals surface area contributed by atoms with E-state index in [4.69, 9.17) is 16.7 Å². The first-order valence-corrected chi connectivity index (χ1v) is 7.68. The van der Waals surface area contributed by atoms with Crippen LogP contribution >= 0.6 is 34.2 Å². The van der Waals surface area contributed by atoms with Gasteiger partial charge in [-0.1, -0.05) is 11.6 Å². The van der Waals surface area contributed by atoms with Crippen LogP contribution in [-0.4, -0.2) is 23.2 Å². The van der Waals surface area contributed by atoms with Crippen LogP contribution in [0.5, 0.6) is 0 Å². The van der Waals surface area contributed by atoms with Crippen molar-refractivity contribution in [2.24, 2.45) is 12.2 Å². The molecule has 1 heterocycles. The predicted octanol–water partition coefficient (Wildman–Crippen LogP) is 1.39. The smallest absolute Gasteiger partial charge is 0.273 e. The van der Waals surface area contributed by atoms with Crippen LogP contribution in [0.25, 0.3) is 11.4 Å². The summed E-state index contributed by atoms with van der Waals surface area (Å²) in [4.78, 5) is 0. The van der Waals surface area contributed by atoms with Gasteiger partial charge in [-0.25, -0.2) is 13.6 Å². The molecule has 0 fully saturated rings. The number of primary sulfonamides is 1. The summed E-state index contributed by atoms with van der Waals surface area (Å²) in [5.74, 6) is 0.394. The van der Waals surface area contributed by atoms with E-state index in [0.29, 0.717) is 16.4 Å². The summed E-state index contributed by atoms with van der Waals surface area (Å²) in [6.45, 7) is 0. The number of nitrogens with zero attached hydrogens (tertiary/aromatic N) is 3. The maximum absolute atomic E-state index is 11.3. The second-order valence-electron chi connectivity index (χ2n) is 3.53. The molecule has 0 amide bonds. The molecule has 2 N–H and O–H groups in total. The summed E-state index contributed by atoms with van der Waals surface area (Å²) >= 11 is 8.02. The van der Waals surface area contributed by atoms with Crippen molar-refractivity contribution in [3.8, 4) is 11.4 Å². The molecule has 0 bridgehead atoms. The Kier molecular flexibility index (Phi) is 3.63. The van der Waals surface area contributed by atoms with Gasteiger partial charge in [0.25, 0.3) is 15.2 Å². The fourth-order valence-electron chi connectivity index (χ4n) is 1.47. The molecule has 9 heteroatoms. The Morgan fingerprint density at radius 3 is 2.61 bits per heavy atom. The number of sulfonamides is 1. The average Bonchev–Trinajstić information content (AvgIpc) is 2.63. The van der Waals surface area contributed by atoms with Crippen molar-refractivity contribution in [3.63, 3.8) is 0 Å². The number of hydrogen-bond donors (Lipinski definition) is 1. The highest BCUT2D eigenvalue weighted by Gasteiger charge is 2.20. The number of nitrogens with two attached hydrogens (primary N) is 1. The lowest BCUT2D eigenvalue weighted by Gasteiger charge is -2.05. The molecule has 0 aliphatic heterocycles. The van der Waals surface area contributed by atoms with E-state index >= 15 is 0 Å². The van der Waals surface area contributed by atoms with Crippen molar-refractivity contribution in [2.75, 3.05) is 0 Å². The second-order valence-corrected chi connectivity index (χ2v) is 6.59. The highest BCUT2D eigenvalue weighted by Crippen LogP contribution is 2.27. The lowest BCUT2D eigenvalue weighted by Crippen LogP contribution is -2.17. The highest BCUT2D eigenvalue weighted by molar-refractivity contribution is 14.1. The second kappa shape index (κ2) is 4.76. The monoisotopic (exact) mass is 398 g/mol. The van der Waals surface area contributed by atoms with Crippen LogP contribution in [0, 0.1) is 3.57 Å². The first-order valence-electron chi connectivity index (χ1n) is 4.68. The summed E-state index contributed by atoms with van der Waals surface area (Å²) < 4.78 is 24.8. The van der Waals surface area contributed by atoms with E-state index in [1.165, 1.54) is 11.6 Å². The normalized spacial score (nSPS) is 11.8. The van der Waals surface area contributed by atoms with Crippen molar-refractivity contribution in [1.82, 2.24) is 14.8 Å². The van der Waals surface area contributed by atoms with Gasteiger partial charge in [-0.15, -0.1) is 10.2 Å². The molecular formula is C9H8ClIN4O2S. The minimum absolute atomic E-state index is 0.284. The van der Waals surface area contributed by atoms with Crippen molar-refractivity contribution in [3.05, 3.63) is 26.8 Å². The lowest BCUT2D eigenvalue weighted by molar-refractivity contribution is 0.580. The van der Waals surface area contributed by atoms with E-state index < -0.39 is 10.0 Å². The zero-order valence-corrected chi connectivity index (χ0v) is 12.9. The van der Waals surface area contributed by atoms with Gasteiger partial charge in [0.05, 0.1) is 0 Å². The van der Waals surface area contributed by atoms with Crippen LogP contribution < -0.4 is 5.14 Å². The SMILES string of the molecule is Cn1c(-c2cc(Cl)ccc2I)nnc1S(N)(=O)=O. The van der Waals surface area contributed by atoms with Crippen LogP contribution in [0.4, 0.5) is 0 Å². The molecule has 0 radical (unpaired) electrons.